The van der Waals surface area contributed by atoms with E-state index in [9.17, 15) is 14.8 Å². The number of hydrogen-bond donors (Lipinski definition) is 2. The Balaban J connectivity index is 1.77. The normalized spacial score (nSPS) is 11.2. The second-order valence-electron chi connectivity index (χ2n) is 6.95. The lowest BCUT2D eigenvalue weighted by molar-refractivity contribution is -0.576. The van der Waals surface area contributed by atoms with Crippen LogP contribution >= 0.6 is 0 Å². The molecule has 6 heteroatoms. The van der Waals surface area contributed by atoms with Gasteiger partial charge in [0.25, 0.3) is 0 Å². The third kappa shape index (κ3) is 4.06. The summed E-state index contributed by atoms with van der Waals surface area (Å²) in [6.45, 7) is 5.23. The zero-order valence-corrected chi connectivity index (χ0v) is 15.4. The number of pyridine rings is 1. The number of carbonyl (C=O) groups excluding carboxylic acids is 2. The van der Waals surface area contributed by atoms with Crippen LogP contribution in [0.5, 0.6) is 0 Å². The van der Waals surface area contributed by atoms with Crippen LogP contribution in [-0.2, 0) is 5.54 Å². The minimum Gasteiger partial charge on any atom is -0.618 e. The minimum atomic E-state index is -0.690. The average molecular weight is 363 g/mol. The Morgan fingerprint density at radius 3 is 2.56 bits per heavy atom. The lowest BCUT2D eigenvalue weighted by atomic mass is 9.92. The van der Waals surface area contributed by atoms with E-state index in [-0.39, 0.29) is 5.78 Å². The molecule has 0 unspecified atom stereocenters. The van der Waals surface area contributed by atoms with Crippen LogP contribution in [-0.4, -0.2) is 11.8 Å². The second-order valence-corrected chi connectivity index (χ2v) is 6.95. The molecule has 3 rings (SSSR count). The fourth-order valence-corrected chi connectivity index (χ4v) is 2.90. The van der Waals surface area contributed by atoms with E-state index in [2.05, 4.69) is 10.6 Å². The summed E-state index contributed by atoms with van der Waals surface area (Å²) in [6.07, 6.45) is 1.41. The molecule has 0 saturated carbocycles. The Hall–Kier alpha value is -3.41. The highest BCUT2D eigenvalue weighted by Crippen LogP contribution is 2.22. The molecule has 0 aliphatic rings. The first kappa shape index (κ1) is 18.4. The number of amides is 2. The van der Waals surface area contributed by atoms with E-state index in [1.54, 1.807) is 42.5 Å². The van der Waals surface area contributed by atoms with Gasteiger partial charge in [0.05, 0.1) is 5.54 Å². The number of nitrogens with one attached hydrogen (secondary N) is 2. The Morgan fingerprint density at radius 1 is 1.04 bits per heavy atom. The summed E-state index contributed by atoms with van der Waals surface area (Å²) in [7, 11) is 0. The Labute approximate surface area is 157 Å². The van der Waals surface area contributed by atoms with Crippen molar-refractivity contribution in [2.45, 2.75) is 26.3 Å². The molecule has 2 N–H and O–H groups in total. The van der Waals surface area contributed by atoms with Gasteiger partial charge in [-0.1, -0.05) is 18.2 Å². The number of aromatic nitrogens is 1. The largest absolute Gasteiger partial charge is 0.618 e. The molecule has 0 saturated heterocycles. The van der Waals surface area contributed by atoms with E-state index >= 15 is 0 Å². The first-order valence-electron chi connectivity index (χ1n) is 8.59. The van der Waals surface area contributed by atoms with Crippen molar-refractivity contribution >= 4 is 28.4 Å². The quantitative estimate of drug-likeness (QED) is 0.421. The highest BCUT2D eigenvalue weighted by atomic mass is 16.5. The number of ketones is 1. The third-order valence-electron chi connectivity index (χ3n) is 4.44. The fraction of sp³-hybridized carbons (Fsp3) is 0.190. The first-order chi connectivity index (χ1) is 12.8. The number of anilines is 1. The summed E-state index contributed by atoms with van der Waals surface area (Å²) in [5.74, 6) is -0.0285. The number of benzene rings is 2. The molecular formula is C21H21N3O3. The number of urea groups is 1. The van der Waals surface area contributed by atoms with Gasteiger partial charge in [0, 0.05) is 28.8 Å². The van der Waals surface area contributed by atoms with Gasteiger partial charge in [0.15, 0.2) is 12.0 Å². The van der Waals surface area contributed by atoms with Gasteiger partial charge in [-0.05, 0) is 50.6 Å². The molecule has 0 atom stereocenters. The van der Waals surface area contributed by atoms with Crippen molar-refractivity contribution in [3.8, 4) is 0 Å². The lowest BCUT2D eigenvalue weighted by Crippen LogP contribution is -2.43. The van der Waals surface area contributed by atoms with E-state index in [1.807, 2.05) is 26.0 Å². The fourth-order valence-electron chi connectivity index (χ4n) is 2.90. The van der Waals surface area contributed by atoms with Crippen LogP contribution in [0.3, 0.4) is 0 Å². The van der Waals surface area contributed by atoms with E-state index in [0.717, 1.165) is 15.7 Å². The standard InChI is InChI=1S/C21H21N3O3/c1-14(25)16-6-4-8-17(12-16)21(2,3)23-20(26)22-18-10-9-15-7-5-11-24(27)19(15)13-18/h4-13H,1-3H3,(H2,22,23,26). The minimum absolute atomic E-state index is 0.0285. The number of rotatable bonds is 4. The highest BCUT2D eigenvalue weighted by molar-refractivity contribution is 5.94. The molecule has 0 radical (unpaired) electrons. The molecule has 0 spiro atoms. The van der Waals surface area contributed by atoms with Crippen molar-refractivity contribution in [3.63, 3.8) is 0 Å². The van der Waals surface area contributed by atoms with Gasteiger partial charge in [0.2, 0.25) is 5.52 Å². The number of fused-ring (bicyclic) bond motifs is 1. The summed E-state index contributed by atoms with van der Waals surface area (Å²) >= 11 is 0. The maximum absolute atomic E-state index is 12.5. The topological polar surface area (TPSA) is 85.1 Å². The third-order valence-corrected chi connectivity index (χ3v) is 4.44. The molecule has 0 aliphatic heterocycles. The van der Waals surface area contributed by atoms with E-state index in [1.165, 1.54) is 13.1 Å². The van der Waals surface area contributed by atoms with Crippen LogP contribution in [0.15, 0.2) is 60.8 Å². The van der Waals surface area contributed by atoms with E-state index < -0.39 is 11.6 Å². The molecule has 3 aromatic rings. The smallest absolute Gasteiger partial charge is 0.319 e. The molecule has 2 aromatic carbocycles. The zero-order valence-electron chi connectivity index (χ0n) is 15.4. The zero-order chi connectivity index (χ0) is 19.6. The maximum atomic E-state index is 12.5. The summed E-state index contributed by atoms with van der Waals surface area (Å²) in [6, 6.07) is 15.4. The molecule has 1 aromatic heterocycles. The maximum Gasteiger partial charge on any atom is 0.319 e. The van der Waals surface area contributed by atoms with Crippen molar-refractivity contribution in [2.75, 3.05) is 5.32 Å². The molecule has 0 aliphatic carbocycles. The van der Waals surface area contributed by atoms with E-state index in [0.29, 0.717) is 16.8 Å². The molecule has 2 amide bonds. The van der Waals surface area contributed by atoms with Crippen molar-refractivity contribution < 1.29 is 14.3 Å². The number of carbonyl (C=O) groups is 2. The Kier molecular flexibility index (Phi) is 4.81. The molecule has 6 nitrogen and oxygen atoms in total. The van der Waals surface area contributed by atoms with Gasteiger partial charge in [-0.3, -0.25) is 4.79 Å². The van der Waals surface area contributed by atoms with Crippen molar-refractivity contribution in [3.05, 3.63) is 77.1 Å². The Morgan fingerprint density at radius 2 is 1.81 bits per heavy atom. The predicted molar refractivity (Wildman–Crippen MR) is 105 cm³/mol. The van der Waals surface area contributed by atoms with Crippen molar-refractivity contribution in [2.24, 2.45) is 0 Å². The van der Waals surface area contributed by atoms with Crippen LogP contribution in [0.25, 0.3) is 10.9 Å². The summed E-state index contributed by atoms with van der Waals surface area (Å²) in [5.41, 5.74) is 1.72. The SMILES string of the molecule is CC(=O)c1cccc(C(C)(C)NC(=O)Nc2ccc3ccc[n+]([O-])c3c2)c1. The molecule has 1 heterocycles. The van der Waals surface area contributed by atoms with Crippen LogP contribution in [0, 0.1) is 5.21 Å². The van der Waals surface area contributed by atoms with Crippen LogP contribution in [0.2, 0.25) is 0 Å². The molecule has 138 valence electrons. The Bertz CT molecular complexity index is 1030. The lowest BCUT2D eigenvalue weighted by Gasteiger charge is -2.27. The van der Waals surface area contributed by atoms with Crippen LogP contribution in [0.1, 0.15) is 36.7 Å². The van der Waals surface area contributed by atoms with Crippen molar-refractivity contribution in [1.82, 2.24) is 5.32 Å². The van der Waals surface area contributed by atoms with E-state index in [4.69, 9.17) is 0 Å². The van der Waals surface area contributed by atoms with Crippen LogP contribution in [0.4, 0.5) is 10.5 Å². The summed E-state index contributed by atoms with van der Waals surface area (Å²) in [4.78, 5) is 24.1. The second kappa shape index (κ2) is 7.07. The molecule has 0 fully saturated rings. The number of Topliss-reactive ketones (excluding diaryl/α,β-unsaturated/α-hetero) is 1. The monoisotopic (exact) mass is 363 g/mol. The van der Waals surface area contributed by atoms with Crippen LogP contribution < -0.4 is 15.4 Å². The predicted octanol–water partition coefficient (Wildman–Crippen LogP) is 3.73. The molecule has 27 heavy (non-hydrogen) atoms. The highest BCUT2D eigenvalue weighted by Gasteiger charge is 2.23. The van der Waals surface area contributed by atoms with Gasteiger partial charge in [-0.15, -0.1) is 0 Å². The average Bonchev–Trinajstić information content (AvgIpc) is 2.62. The van der Waals surface area contributed by atoms with Gasteiger partial charge in [-0.2, -0.15) is 4.73 Å². The first-order valence-corrected chi connectivity index (χ1v) is 8.59. The number of nitrogens with zero attached hydrogens (tertiary/aromatic N) is 1. The van der Waals surface area contributed by atoms with Gasteiger partial charge >= 0.3 is 6.03 Å². The summed E-state index contributed by atoms with van der Waals surface area (Å²) in [5, 5.41) is 18.3. The summed E-state index contributed by atoms with van der Waals surface area (Å²) < 4.78 is 0.760. The van der Waals surface area contributed by atoms with Gasteiger partial charge in [-0.25, -0.2) is 4.79 Å². The van der Waals surface area contributed by atoms with Gasteiger partial charge < -0.3 is 15.8 Å². The molecule has 0 bridgehead atoms. The van der Waals surface area contributed by atoms with Gasteiger partial charge in [0.1, 0.15) is 0 Å². The molecular weight excluding hydrogens is 342 g/mol. The number of hydrogen-bond acceptors (Lipinski definition) is 3. The van der Waals surface area contributed by atoms with Crippen molar-refractivity contribution in [1.29, 1.82) is 0 Å².